The molecule has 0 radical (unpaired) electrons. The molecule has 4 aromatic rings. The Balaban J connectivity index is 1.57. The smallest absolute Gasteiger partial charge is 0.259 e. The van der Waals surface area contributed by atoms with Crippen molar-refractivity contribution in [3.8, 4) is 5.69 Å². The fourth-order valence-electron chi connectivity index (χ4n) is 3.15. The molecule has 0 spiro atoms. The maximum Gasteiger partial charge on any atom is 0.259 e. The molecule has 1 heterocycles. The van der Waals surface area contributed by atoms with Crippen molar-refractivity contribution >= 4 is 23.0 Å². The van der Waals surface area contributed by atoms with E-state index in [1.54, 1.807) is 10.9 Å². The SMILES string of the molecule is Cc1ccc(Nc2ccccc2NC(=O)c2cnn(-c3ccccc3)c2C)cc1. The van der Waals surface area contributed by atoms with Gasteiger partial charge < -0.3 is 10.6 Å². The standard InChI is InChI=1S/C24H22N4O/c1-17-12-14-19(15-13-17)26-22-10-6-7-11-23(22)27-24(29)21-16-25-28(18(21)2)20-8-4-3-5-9-20/h3-16,26H,1-2H3,(H,27,29). The van der Waals surface area contributed by atoms with Crippen molar-refractivity contribution in [1.82, 2.24) is 9.78 Å². The zero-order valence-corrected chi connectivity index (χ0v) is 16.4. The molecule has 0 aliphatic rings. The second-order valence-corrected chi connectivity index (χ2v) is 6.88. The maximum atomic E-state index is 12.9. The number of carbonyl (C=O) groups excluding carboxylic acids is 1. The number of para-hydroxylation sites is 3. The van der Waals surface area contributed by atoms with Crippen LogP contribution >= 0.6 is 0 Å². The third-order valence-electron chi connectivity index (χ3n) is 4.76. The highest BCUT2D eigenvalue weighted by atomic mass is 16.1. The molecule has 5 heteroatoms. The number of aromatic nitrogens is 2. The van der Waals surface area contributed by atoms with Gasteiger partial charge >= 0.3 is 0 Å². The van der Waals surface area contributed by atoms with Gasteiger partial charge in [-0.2, -0.15) is 5.10 Å². The average Bonchev–Trinajstić information content (AvgIpc) is 3.13. The summed E-state index contributed by atoms with van der Waals surface area (Å²) in [5.74, 6) is -0.192. The molecule has 0 unspecified atom stereocenters. The summed E-state index contributed by atoms with van der Waals surface area (Å²) in [6.45, 7) is 3.95. The van der Waals surface area contributed by atoms with E-state index in [2.05, 4.69) is 22.7 Å². The van der Waals surface area contributed by atoms with Crippen molar-refractivity contribution in [2.75, 3.05) is 10.6 Å². The van der Waals surface area contributed by atoms with E-state index < -0.39 is 0 Å². The Hall–Kier alpha value is -3.86. The van der Waals surface area contributed by atoms with Crippen LogP contribution in [0.2, 0.25) is 0 Å². The molecule has 0 fully saturated rings. The Bertz CT molecular complexity index is 1130. The molecule has 0 bridgehead atoms. The Morgan fingerprint density at radius 2 is 1.48 bits per heavy atom. The molecule has 5 nitrogen and oxygen atoms in total. The molecule has 3 aromatic carbocycles. The van der Waals surface area contributed by atoms with Gasteiger partial charge in [-0.1, -0.05) is 48.0 Å². The van der Waals surface area contributed by atoms with Crippen LogP contribution in [0.4, 0.5) is 17.1 Å². The summed E-state index contributed by atoms with van der Waals surface area (Å²) >= 11 is 0. The van der Waals surface area contributed by atoms with E-state index in [1.165, 1.54) is 5.56 Å². The van der Waals surface area contributed by atoms with Gasteiger partial charge in [0, 0.05) is 5.69 Å². The Morgan fingerprint density at radius 1 is 0.828 bits per heavy atom. The van der Waals surface area contributed by atoms with E-state index >= 15 is 0 Å². The number of benzene rings is 3. The van der Waals surface area contributed by atoms with Crippen molar-refractivity contribution in [2.45, 2.75) is 13.8 Å². The van der Waals surface area contributed by atoms with Gasteiger partial charge in [-0.25, -0.2) is 4.68 Å². The molecule has 2 N–H and O–H groups in total. The molecule has 29 heavy (non-hydrogen) atoms. The monoisotopic (exact) mass is 382 g/mol. The molecular formula is C24H22N4O. The molecule has 1 amide bonds. The van der Waals surface area contributed by atoms with Gasteiger partial charge in [-0.3, -0.25) is 4.79 Å². The Kier molecular flexibility index (Phi) is 5.12. The number of aryl methyl sites for hydroxylation is 1. The van der Waals surface area contributed by atoms with Crippen LogP contribution in [0.1, 0.15) is 21.6 Å². The van der Waals surface area contributed by atoms with Crippen molar-refractivity contribution in [1.29, 1.82) is 0 Å². The van der Waals surface area contributed by atoms with E-state index in [1.807, 2.05) is 85.8 Å². The van der Waals surface area contributed by atoms with E-state index in [-0.39, 0.29) is 5.91 Å². The molecule has 1 aromatic heterocycles. The normalized spacial score (nSPS) is 10.6. The van der Waals surface area contributed by atoms with Crippen LogP contribution in [0.15, 0.2) is 85.1 Å². The van der Waals surface area contributed by atoms with Crippen LogP contribution in [-0.2, 0) is 0 Å². The van der Waals surface area contributed by atoms with Crippen LogP contribution in [0.25, 0.3) is 5.69 Å². The predicted molar refractivity (Wildman–Crippen MR) is 117 cm³/mol. The molecule has 0 atom stereocenters. The molecule has 0 saturated carbocycles. The van der Waals surface area contributed by atoms with Gasteiger partial charge in [-0.05, 0) is 50.2 Å². The van der Waals surface area contributed by atoms with Crippen molar-refractivity contribution in [2.24, 2.45) is 0 Å². The highest BCUT2D eigenvalue weighted by molar-refractivity contribution is 6.06. The van der Waals surface area contributed by atoms with Gasteiger partial charge in [0.25, 0.3) is 5.91 Å². The van der Waals surface area contributed by atoms with Gasteiger partial charge in [0.15, 0.2) is 0 Å². The second kappa shape index (κ2) is 8.02. The summed E-state index contributed by atoms with van der Waals surface area (Å²) in [5, 5.41) is 10.8. The number of anilines is 3. The summed E-state index contributed by atoms with van der Waals surface area (Å²) in [7, 11) is 0. The Morgan fingerprint density at radius 3 is 2.21 bits per heavy atom. The zero-order valence-electron chi connectivity index (χ0n) is 16.4. The first-order valence-corrected chi connectivity index (χ1v) is 9.46. The van der Waals surface area contributed by atoms with Gasteiger partial charge in [0.2, 0.25) is 0 Å². The van der Waals surface area contributed by atoms with Gasteiger partial charge in [0.05, 0.1) is 34.5 Å². The van der Waals surface area contributed by atoms with Crippen LogP contribution in [0.3, 0.4) is 0 Å². The number of nitrogens with zero attached hydrogens (tertiary/aromatic N) is 2. The topological polar surface area (TPSA) is 58.9 Å². The summed E-state index contributed by atoms with van der Waals surface area (Å²) in [4.78, 5) is 12.9. The summed E-state index contributed by atoms with van der Waals surface area (Å²) < 4.78 is 1.77. The third kappa shape index (κ3) is 4.04. The zero-order chi connectivity index (χ0) is 20.2. The van der Waals surface area contributed by atoms with Crippen LogP contribution in [0.5, 0.6) is 0 Å². The quantitative estimate of drug-likeness (QED) is 0.480. The largest absolute Gasteiger partial charge is 0.354 e. The van der Waals surface area contributed by atoms with E-state index in [4.69, 9.17) is 0 Å². The molecule has 0 aliphatic carbocycles. The molecule has 0 aliphatic heterocycles. The van der Waals surface area contributed by atoms with Gasteiger partial charge in [0.1, 0.15) is 0 Å². The first-order chi connectivity index (χ1) is 14.1. The van der Waals surface area contributed by atoms with Gasteiger partial charge in [-0.15, -0.1) is 0 Å². The molecular weight excluding hydrogens is 360 g/mol. The average molecular weight is 382 g/mol. The predicted octanol–water partition coefficient (Wildman–Crippen LogP) is 5.49. The number of amides is 1. The van der Waals surface area contributed by atoms with Crippen LogP contribution < -0.4 is 10.6 Å². The number of rotatable bonds is 5. The van der Waals surface area contributed by atoms with Crippen LogP contribution in [0, 0.1) is 13.8 Å². The highest BCUT2D eigenvalue weighted by Crippen LogP contribution is 2.26. The third-order valence-corrected chi connectivity index (χ3v) is 4.76. The number of carbonyl (C=O) groups is 1. The summed E-state index contributed by atoms with van der Waals surface area (Å²) in [6, 6.07) is 25.5. The van der Waals surface area contributed by atoms with Crippen molar-refractivity contribution in [3.05, 3.63) is 102 Å². The minimum atomic E-state index is -0.192. The van der Waals surface area contributed by atoms with Crippen molar-refractivity contribution in [3.63, 3.8) is 0 Å². The molecule has 144 valence electrons. The number of hydrogen-bond donors (Lipinski definition) is 2. The lowest BCUT2D eigenvalue weighted by Gasteiger charge is -2.13. The summed E-state index contributed by atoms with van der Waals surface area (Å²) in [5.41, 5.74) is 5.96. The van der Waals surface area contributed by atoms with Crippen molar-refractivity contribution < 1.29 is 4.79 Å². The van der Waals surface area contributed by atoms with E-state index in [0.29, 0.717) is 11.3 Å². The minimum Gasteiger partial charge on any atom is -0.354 e. The molecule has 4 rings (SSSR count). The number of hydrogen-bond acceptors (Lipinski definition) is 3. The molecule has 0 saturated heterocycles. The van der Waals surface area contributed by atoms with Crippen LogP contribution in [-0.4, -0.2) is 15.7 Å². The summed E-state index contributed by atoms with van der Waals surface area (Å²) in [6.07, 6.45) is 1.60. The first-order valence-electron chi connectivity index (χ1n) is 9.46. The fraction of sp³-hybridized carbons (Fsp3) is 0.0833. The maximum absolute atomic E-state index is 12.9. The second-order valence-electron chi connectivity index (χ2n) is 6.88. The highest BCUT2D eigenvalue weighted by Gasteiger charge is 2.16. The lowest BCUT2D eigenvalue weighted by molar-refractivity contribution is 0.102. The lowest BCUT2D eigenvalue weighted by atomic mass is 10.2. The Labute approximate surface area is 170 Å². The van der Waals surface area contributed by atoms with E-state index in [0.717, 1.165) is 22.8 Å². The fourth-order valence-corrected chi connectivity index (χ4v) is 3.15. The minimum absolute atomic E-state index is 0.192. The van der Waals surface area contributed by atoms with E-state index in [9.17, 15) is 4.79 Å². The number of nitrogens with one attached hydrogen (secondary N) is 2. The lowest BCUT2D eigenvalue weighted by Crippen LogP contribution is -2.14. The first kappa shape index (κ1) is 18.5.